The Kier molecular flexibility index (Phi) is 4.79. The molecule has 1 heterocycles. The summed E-state index contributed by atoms with van der Waals surface area (Å²) in [5.41, 5.74) is 3.13. The van der Waals surface area contributed by atoms with Gasteiger partial charge in [-0.1, -0.05) is 17.3 Å². The molecule has 25 heavy (non-hydrogen) atoms. The van der Waals surface area contributed by atoms with Crippen molar-refractivity contribution in [3.8, 4) is 45.4 Å². The zero-order chi connectivity index (χ0) is 17.8. The summed E-state index contributed by atoms with van der Waals surface area (Å²) in [5, 5.41) is 4.17. The van der Waals surface area contributed by atoms with Gasteiger partial charge in [-0.25, -0.2) is 0 Å². The average Bonchev–Trinajstić information content (AvgIpc) is 3.16. The van der Waals surface area contributed by atoms with Crippen molar-refractivity contribution in [2.45, 2.75) is 0 Å². The van der Waals surface area contributed by atoms with Gasteiger partial charge in [0.05, 0.1) is 34.0 Å². The third-order valence-corrected chi connectivity index (χ3v) is 3.91. The Hall–Kier alpha value is -3.15. The monoisotopic (exact) mass is 341 g/mol. The lowest BCUT2D eigenvalue weighted by molar-refractivity contribution is 0.349. The molecule has 0 unspecified atom stereocenters. The molecule has 0 bridgehead atoms. The van der Waals surface area contributed by atoms with Crippen LogP contribution in [-0.4, -0.2) is 33.6 Å². The molecule has 6 heteroatoms. The molecule has 0 saturated heterocycles. The van der Waals surface area contributed by atoms with Crippen molar-refractivity contribution >= 4 is 0 Å². The number of hydrogen-bond acceptors (Lipinski definition) is 6. The van der Waals surface area contributed by atoms with Crippen molar-refractivity contribution in [2.75, 3.05) is 28.4 Å². The fraction of sp³-hybridized carbons (Fsp3) is 0.211. The molecule has 0 spiro atoms. The highest BCUT2D eigenvalue weighted by Gasteiger charge is 2.21. The smallest absolute Gasteiger partial charge is 0.170 e. The van der Waals surface area contributed by atoms with Crippen molar-refractivity contribution < 1.29 is 23.5 Å². The van der Waals surface area contributed by atoms with E-state index in [2.05, 4.69) is 5.16 Å². The van der Waals surface area contributed by atoms with Crippen LogP contribution in [0.1, 0.15) is 0 Å². The molecular formula is C19H19NO5. The number of ether oxygens (including phenoxy) is 4. The first-order chi connectivity index (χ1) is 12.2. The second-order valence-corrected chi connectivity index (χ2v) is 5.22. The Morgan fingerprint density at radius 1 is 0.760 bits per heavy atom. The number of methoxy groups -OCH3 is 4. The van der Waals surface area contributed by atoms with E-state index in [1.165, 1.54) is 0 Å². The van der Waals surface area contributed by atoms with Gasteiger partial charge in [-0.2, -0.15) is 0 Å². The highest BCUT2D eigenvalue weighted by atomic mass is 16.5. The van der Waals surface area contributed by atoms with Crippen LogP contribution in [0.5, 0.6) is 23.0 Å². The van der Waals surface area contributed by atoms with E-state index < -0.39 is 0 Å². The van der Waals surface area contributed by atoms with E-state index in [9.17, 15) is 0 Å². The molecule has 0 amide bonds. The Morgan fingerprint density at radius 3 is 2.08 bits per heavy atom. The minimum absolute atomic E-state index is 0.556. The SMILES string of the molecule is COc1ccc(-c2conc2-c2cc(OC)cc(OC)c2OC)cc1. The predicted molar refractivity (Wildman–Crippen MR) is 93.6 cm³/mol. The summed E-state index contributed by atoms with van der Waals surface area (Å²) in [6.45, 7) is 0. The highest BCUT2D eigenvalue weighted by Crippen LogP contribution is 2.44. The molecule has 0 aliphatic heterocycles. The van der Waals surface area contributed by atoms with Crippen LogP contribution in [0, 0.1) is 0 Å². The zero-order valence-electron chi connectivity index (χ0n) is 14.5. The minimum Gasteiger partial charge on any atom is -0.497 e. The fourth-order valence-corrected chi connectivity index (χ4v) is 2.64. The van der Waals surface area contributed by atoms with Crippen molar-refractivity contribution in [3.05, 3.63) is 42.7 Å². The summed E-state index contributed by atoms with van der Waals surface area (Å²) in [7, 11) is 6.39. The summed E-state index contributed by atoms with van der Waals surface area (Å²) in [5.74, 6) is 2.53. The van der Waals surface area contributed by atoms with E-state index in [-0.39, 0.29) is 0 Å². The van der Waals surface area contributed by atoms with Crippen LogP contribution in [0.15, 0.2) is 47.2 Å². The summed E-state index contributed by atoms with van der Waals surface area (Å²) in [4.78, 5) is 0. The van der Waals surface area contributed by atoms with E-state index in [0.29, 0.717) is 22.9 Å². The van der Waals surface area contributed by atoms with Gasteiger partial charge < -0.3 is 23.5 Å². The number of nitrogens with zero attached hydrogens (tertiary/aromatic N) is 1. The van der Waals surface area contributed by atoms with E-state index in [0.717, 1.165) is 22.4 Å². The lowest BCUT2D eigenvalue weighted by atomic mass is 10.0. The number of hydrogen-bond donors (Lipinski definition) is 0. The van der Waals surface area contributed by atoms with Gasteiger partial charge in [0.1, 0.15) is 23.5 Å². The largest absolute Gasteiger partial charge is 0.497 e. The maximum Gasteiger partial charge on any atom is 0.170 e. The van der Waals surface area contributed by atoms with Gasteiger partial charge in [0, 0.05) is 11.6 Å². The van der Waals surface area contributed by atoms with E-state index in [4.69, 9.17) is 23.5 Å². The molecule has 0 atom stereocenters. The Balaban J connectivity index is 2.16. The van der Waals surface area contributed by atoms with Crippen LogP contribution in [-0.2, 0) is 0 Å². The second kappa shape index (κ2) is 7.17. The molecule has 6 nitrogen and oxygen atoms in total. The van der Waals surface area contributed by atoms with Gasteiger partial charge in [0.25, 0.3) is 0 Å². The number of rotatable bonds is 6. The van der Waals surface area contributed by atoms with Gasteiger partial charge >= 0.3 is 0 Å². The van der Waals surface area contributed by atoms with Crippen LogP contribution in [0.3, 0.4) is 0 Å². The number of aromatic nitrogens is 1. The Bertz CT molecular complexity index is 855. The van der Waals surface area contributed by atoms with Crippen LogP contribution < -0.4 is 18.9 Å². The van der Waals surface area contributed by atoms with Crippen molar-refractivity contribution in [1.82, 2.24) is 5.16 Å². The molecule has 0 radical (unpaired) electrons. The van der Waals surface area contributed by atoms with E-state index in [1.807, 2.05) is 30.3 Å². The molecule has 0 N–H and O–H groups in total. The van der Waals surface area contributed by atoms with Gasteiger partial charge in [0.2, 0.25) is 0 Å². The van der Waals surface area contributed by atoms with E-state index >= 15 is 0 Å². The molecule has 3 rings (SSSR count). The summed E-state index contributed by atoms with van der Waals surface area (Å²) >= 11 is 0. The normalized spacial score (nSPS) is 10.4. The van der Waals surface area contributed by atoms with Crippen LogP contribution in [0.2, 0.25) is 0 Å². The molecule has 3 aromatic rings. The highest BCUT2D eigenvalue weighted by molar-refractivity contribution is 5.85. The first-order valence-electron chi connectivity index (χ1n) is 7.61. The fourth-order valence-electron chi connectivity index (χ4n) is 2.64. The third-order valence-electron chi connectivity index (χ3n) is 3.91. The molecule has 0 aliphatic carbocycles. The van der Waals surface area contributed by atoms with Crippen LogP contribution in [0.25, 0.3) is 22.4 Å². The maximum atomic E-state index is 5.54. The zero-order valence-corrected chi connectivity index (χ0v) is 14.5. The maximum absolute atomic E-state index is 5.54. The molecule has 0 saturated carbocycles. The molecule has 0 fully saturated rings. The average molecular weight is 341 g/mol. The molecule has 2 aromatic carbocycles. The van der Waals surface area contributed by atoms with Crippen LogP contribution in [0.4, 0.5) is 0 Å². The second-order valence-electron chi connectivity index (χ2n) is 5.22. The summed E-state index contributed by atoms with van der Waals surface area (Å²) in [6.07, 6.45) is 1.60. The molecule has 0 aliphatic rings. The van der Waals surface area contributed by atoms with Crippen molar-refractivity contribution in [2.24, 2.45) is 0 Å². The van der Waals surface area contributed by atoms with Crippen molar-refractivity contribution in [3.63, 3.8) is 0 Å². The van der Waals surface area contributed by atoms with Gasteiger partial charge in [0.15, 0.2) is 11.5 Å². The number of benzene rings is 2. The predicted octanol–water partition coefficient (Wildman–Crippen LogP) is 4.04. The third kappa shape index (κ3) is 3.10. The minimum atomic E-state index is 0.556. The lowest BCUT2D eigenvalue weighted by Gasteiger charge is -2.14. The topological polar surface area (TPSA) is 63.0 Å². The first-order valence-corrected chi connectivity index (χ1v) is 7.61. The standard InChI is InChI=1S/C19H19NO5/c1-21-13-7-5-12(6-8-13)16-11-25-20-18(16)15-9-14(22-2)10-17(23-3)19(15)24-4/h5-11H,1-4H3. The van der Waals surface area contributed by atoms with E-state index in [1.54, 1.807) is 40.8 Å². The van der Waals surface area contributed by atoms with Crippen molar-refractivity contribution in [1.29, 1.82) is 0 Å². The quantitative estimate of drug-likeness (QED) is 0.674. The first kappa shape index (κ1) is 16.7. The lowest BCUT2D eigenvalue weighted by Crippen LogP contribution is -1.96. The van der Waals surface area contributed by atoms with Gasteiger partial charge in [-0.15, -0.1) is 0 Å². The molecule has 1 aromatic heterocycles. The molecular weight excluding hydrogens is 322 g/mol. The van der Waals surface area contributed by atoms with Crippen LogP contribution >= 0.6 is 0 Å². The van der Waals surface area contributed by atoms with Gasteiger partial charge in [-0.05, 0) is 23.8 Å². The summed E-state index contributed by atoms with van der Waals surface area (Å²) < 4.78 is 26.8. The van der Waals surface area contributed by atoms with Gasteiger partial charge in [-0.3, -0.25) is 0 Å². The summed E-state index contributed by atoms with van der Waals surface area (Å²) in [6, 6.07) is 11.3. The molecule has 130 valence electrons. The Labute approximate surface area is 145 Å². The Morgan fingerprint density at radius 2 is 1.48 bits per heavy atom.